The predicted molar refractivity (Wildman–Crippen MR) is 152 cm³/mol. The lowest BCUT2D eigenvalue weighted by molar-refractivity contribution is -0.00370. The van der Waals surface area contributed by atoms with E-state index in [0.29, 0.717) is 11.8 Å². The first-order valence-electron chi connectivity index (χ1n) is 13.4. The van der Waals surface area contributed by atoms with Crippen LogP contribution in [0, 0.1) is 5.41 Å². The van der Waals surface area contributed by atoms with E-state index in [4.69, 9.17) is 14.2 Å². The van der Waals surface area contributed by atoms with Gasteiger partial charge in [0.1, 0.15) is 11.7 Å². The van der Waals surface area contributed by atoms with E-state index >= 15 is 0 Å². The number of rotatable bonds is 9. The topological polar surface area (TPSA) is 61.8 Å². The third-order valence-electron chi connectivity index (χ3n) is 4.96. The molecule has 210 valence electrons. The van der Waals surface area contributed by atoms with Crippen molar-refractivity contribution >= 4 is 11.9 Å². The van der Waals surface area contributed by atoms with E-state index in [0.717, 1.165) is 5.56 Å². The molecule has 0 amide bonds. The average molecular weight is 509 g/mol. The molecule has 0 radical (unpaired) electrons. The lowest BCUT2D eigenvalue weighted by Crippen LogP contribution is -2.29. The number of esters is 2. The molecular weight excluding hydrogens is 452 g/mol. The molecule has 0 aliphatic heterocycles. The van der Waals surface area contributed by atoms with Gasteiger partial charge in [0.15, 0.2) is 0 Å². The van der Waals surface area contributed by atoms with Gasteiger partial charge in [-0.25, -0.2) is 9.59 Å². The van der Waals surface area contributed by atoms with Gasteiger partial charge < -0.3 is 14.2 Å². The second-order valence-electron chi connectivity index (χ2n) is 12.5. The second kappa shape index (κ2) is 16.8. The Morgan fingerprint density at radius 1 is 0.833 bits per heavy atom. The van der Waals surface area contributed by atoms with E-state index in [2.05, 4.69) is 41.5 Å². The Morgan fingerprint density at radius 3 is 1.69 bits per heavy atom. The summed E-state index contributed by atoms with van der Waals surface area (Å²) in [6, 6.07) is 5.22. The van der Waals surface area contributed by atoms with E-state index in [1.165, 1.54) is 19.3 Å². The van der Waals surface area contributed by atoms with Crippen LogP contribution < -0.4 is 0 Å². The number of hydrogen-bond acceptors (Lipinski definition) is 5. The molecule has 0 aliphatic carbocycles. The number of carbonyl (C=O) groups excluding carboxylic acids is 2. The molecule has 0 fully saturated rings. The van der Waals surface area contributed by atoms with Gasteiger partial charge in [0, 0.05) is 7.11 Å². The summed E-state index contributed by atoms with van der Waals surface area (Å²) in [5.41, 5.74) is 1.10. The lowest BCUT2D eigenvalue weighted by Gasteiger charge is -2.25. The number of methoxy groups -OCH3 is 1. The summed E-state index contributed by atoms with van der Waals surface area (Å²) in [7, 11) is 1.54. The Bertz CT molecular complexity index is 758. The molecule has 5 nitrogen and oxygen atoms in total. The van der Waals surface area contributed by atoms with E-state index < -0.39 is 23.6 Å². The molecule has 0 bridgehead atoms. The summed E-state index contributed by atoms with van der Waals surface area (Å²) in [5.74, 6) is -1.08. The van der Waals surface area contributed by atoms with Crippen LogP contribution in [0.5, 0.6) is 0 Å². The van der Waals surface area contributed by atoms with Crippen LogP contribution in [0.3, 0.4) is 0 Å². The molecule has 1 aromatic carbocycles. The molecule has 0 aromatic heterocycles. The Morgan fingerprint density at radius 2 is 1.33 bits per heavy atom. The maximum atomic E-state index is 12.7. The fraction of sp³-hybridized carbons (Fsp3) is 0.742. The van der Waals surface area contributed by atoms with Crippen molar-refractivity contribution in [3.63, 3.8) is 0 Å². The molecular formula is C31H56O5. The van der Waals surface area contributed by atoms with Gasteiger partial charge in [-0.15, -0.1) is 0 Å². The highest BCUT2D eigenvalue weighted by Crippen LogP contribution is 2.27. The molecule has 0 N–H and O–H groups in total. The zero-order valence-corrected chi connectivity index (χ0v) is 25.9. The maximum Gasteiger partial charge on any atom is 0.339 e. The maximum absolute atomic E-state index is 12.7. The normalized spacial score (nSPS) is 12.4. The molecule has 36 heavy (non-hydrogen) atoms. The second-order valence-corrected chi connectivity index (χ2v) is 12.5. The largest absolute Gasteiger partial charge is 0.457 e. The Kier molecular flexibility index (Phi) is 16.9. The number of unbranched alkanes of at least 4 members (excludes halogenated alkanes) is 2. The lowest BCUT2D eigenvalue weighted by atomic mass is 9.85. The van der Waals surface area contributed by atoms with Gasteiger partial charge in [0.05, 0.1) is 17.7 Å². The highest BCUT2D eigenvalue weighted by molar-refractivity contribution is 6.03. The predicted octanol–water partition coefficient (Wildman–Crippen LogP) is 8.77. The molecule has 1 rings (SSSR count). The van der Waals surface area contributed by atoms with E-state index in [-0.39, 0.29) is 23.1 Å². The van der Waals surface area contributed by atoms with Crippen molar-refractivity contribution in [2.45, 2.75) is 133 Å². The zero-order valence-electron chi connectivity index (χ0n) is 25.9. The standard InChI is InChI=1S/C21H32O5.2C5H12/c1-9-21(6,7)26-19(23)16-11-10-15(20(3,4)5)12-17(16)18(22)25-14(2)13-24-8;1-5(2,3)4;1-3-5-4-2/h10-12,14H,9,13H2,1-8H3;1-4H3;3-5H2,1-2H3. The van der Waals surface area contributed by atoms with Crippen molar-refractivity contribution < 1.29 is 23.8 Å². The van der Waals surface area contributed by atoms with Crippen molar-refractivity contribution in [2.75, 3.05) is 13.7 Å². The van der Waals surface area contributed by atoms with E-state index in [1.807, 2.05) is 47.6 Å². The molecule has 1 atom stereocenters. The van der Waals surface area contributed by atoms with Crippen molar-refractivity contribution in [1.29, 1.82) is 0 Å². The van der Waals surface area contributed by atoms with Crippen LogP contribution in [0.25, 0.3) is 0 Å². The van der Waals surface area contributed by atoms with Crippen molar-refractivity contribution in [2.24, 2.45) is 5.41 Å². The van der Waals surface area contributed by atoms with Gasteiger partial charge in [0.25, 0.3) is 0 Å². The van der Waals surface area contributed by atoms with Crippen LogP contribution in [-0.2, 0) is 19.6 Å². The molecule has 0 heterocycles. The van der Waals surface area contributed by atoms with Crippen molar-refractivity contribution in [1.82, 2.24) is 0 Å². The summed E-state index contributed by atoms with van der Waals surface area (Å²) in [6.45, 7) is 27.0. The van der Waals surface area contributed by atoms with E-state index in [9.17, 15) is 9.59 Å². The first-order chi connectivity index (χ1) is 16.3. The third-order valence-corrected chi connectivity index (χ3v) is 4.96. The number of ether oxygens (including phenoxy) is 3. The number of benzene rings is 1. The Balaban J connectivity index is 0. The fourth-order valence-electron chi connectivity index (χ4n) is 2.60. The number of hydrogen-bond donors (Lipinski definition) is 0. The summed E-state index contributed by atoms with van der Waals surface area (Å²) in [4.78, 5) is 25.3. The van der Waals surface area contributed by atoms with Gasteiger partial charge >= 0.3 is 11.9 Å². The van der Waals surface area contributed by atoms with Crippen molar-refractivity contribution in [3.8, 4) is 0 Å². The Hall–Kier alpha value is -1.88. The summed E-state index contributed by atoms with van der Waals surface area (Å²) in [5, 5.41) is 0. The van der Waals surface area contributed by atoms with Crippen LogP contribution in [0.1, 0.15) is 142 Å². The Labute approximate surface area is 222 Å². The van der Waals surface area contributed by atoms with Gasteiger partial charge in [0.2, 0.25) is 0 Å². The SMILES string of the molecule is CC(C)(C)C.CCC(C)(C)OC(=O)c1ccc(C(C)(C)C)cc1C(=O)OC(C)COC.CCCCC. The summed E-state index contributed by atoms with van der Waals surface area (Å²) >= 11 is 0. The van der Waals surface area contributed by atoms with Crippen molar-refractivity contribution in [3.05, 3.63) is 34.9 Å². The van der Waals surface area contributed by atoms with Gasteiger partial charge in [-0.1, -0.05) is 94.6 Å². The van der Waals surface area contributed by atoms with Crippen LogP contribution in [0.15, 0.2) is 18.2 Å². The minimum absolute atomic E-state index is 0.168. The third kappa shape index (κ3) is 17.5. The van der Waals surface area contributed by atoms with Crippen LogP contribution >= 0.6 is 0 Å². The molecule has 5 heteroatoms. The molecule has 0 saturated heterocycles. The van der Waals surface area contributed by atoms with Gasteiger partial charge in [-0.3, -0.25) is 0 Å². The molecule has 0 aliphatic rings. The molecule has 1 unspecified atom stereocenters. The first kappa shape index (κ1) is 36.3. The van der Waals surface area contributed by atoms with Crippen LogP contribution in [0.2, 0.25) is 0 Å². The number of carbonyl (C=O) groups is 2. The highest BCUT2D eigenvalue weighted by Gasteiger charge is 2.28. The monoisotopic (exact) mass is 508 g/mol. The zero-order chi connectivity index (χ0) is 28.7. The summed E-state index contributed by atoms with van der Waals surface area (Å²) < 4.78 is 16.0. The minimum atomic E-state index is -0.607. The molecule has 1 aromatic rings. The molecule has 0 spiro atoms. The van der Waals surface area contributed by atoms with Crippen LogP contribution in [-0.4, -0.2) is 37.4 Å². The first-order valence-corrected chi connectivity index (χ1v) is 13.4. The van der Waals surface area contributed by atoms with Gasteiger partial charge in [-0.2, -0.15) is 0 Å². The summed E-state index contributed by atoms with van der Waals surface area (Å²) in [6.07, 6.45) is 4.33. The minimum Gasteiger partial charge on any atom is -0.457 e. The van der Waals surface area contributed by atoms with E-state index in [1.54, 1.807) is 26.2 Å². The quantitative estimate of drug-likeness (QED) is 0.312. The smallest absolute Gasteiger partial charge is 0.339 e. The fourth-order valence-corrected chi connectivity index (χ4v) is 2.60. The van der Waals surface area contributed by atoms with Crippen LogP contribution in [0.4, 0.5) is 0 Å². The van der Waals surface area contributed by atoms with Gasteiger partial charge in [-0.05, 0) is 55.7 Å². The molecule has 0 saturated carbocycles. The average Bonchev–Trinajstić information content (AvgIpc) is 2.72. The highest BCUT2D eigenvalue weighted by atomic mass is 16.6.